The third-order valence-corrected chi connectivity index (χ3v) is 5.89. The molecule has 4 heterocycles. The van der Waals surface area contributed by atoms with Crippen molar-refractivity contribution in [2.75, 3.05) is 50.2 Å². The van der Waals surface area contributed by atoms with E-state index in [-0.39, 0.29) is 0 Å². The molecule has 0 amide bonds. The molecule has 0 aromatic heterocycles. The maximum atomic E-state index is 6.67. The van der Waals surface area contributed by atoms with E-state index in [2.05, 4.69) is 18.7 Å². The smallest absolute Gasteiger partial charge is 0.0984 e. The molecule has 1 aromatic rings. The Morgan fingerprint density at radius 1 is 0.769 bits per heavy atom. The van der Waals surface area contributed by atoms with E-state index in [9.17, 15) is 0 Å². The van der Waals surface area contributed by atoms with Crippen LogP contribution in [0.4, 0.5) is 11.4 Å². The number of nitrogen functional groups attached to an aromatic ring is 1. The van der Waals surface area contributed by atoms with Crippen LogP contribution in [0.25, 0.3) is 0 Å². The Kier molecular flexibility index (Phi) is 4.12. The molecule has 6 heteroatoms. The molecule has 0 aliphatic carbocycles. The molecule has 4 aliphatic rings. The van der Waals surface area contributed by atoms with Gasteiger partial charge in [-0.1, -0.05) is 0 Å². The Balaban J connectivity index is 1.54. The number of rotatable bonds is 9. The maximum Gasteiger partial charge on any atom is 0.0984 e. The van der Waals surface area contributed by atoms with Gasteiger partial charge in [-0.2, -0.15) is 0 Å². The molecule has 0 spiro atoms. The number of anilines is 2. The molecular weight excluding hydrogens is 332 g/mol. The van der Waals surface area contributed by atoms with Crippen LogP contribution in [-0.2, 0) is 31.8 Å². The average Bonchev–Trinajstić information content (AvgIpc) is 3.44. The second-order valence-corrected chi connectivity index (χ2v) is 8.10. The van der Waals surface area contributed by atoms with Crippen molar-refractivity contribution in [3.05, 3.63) is 22.3 Å². The van der Waals surface area contributed by atoms with Gasteiger partial charge in [-0.05, 0) is 36.1 Å². The molecule has 4 saturated heterocycles. The van der Waals surface area contributed by atoms with Crippen molar-refractivity contribution in [1.29, 1.82) is 0 Å². The van der Waals surface area contributed by atoms with Gasteiger partial charge in [-0.15, -0.1) is 0 Å². The van der Waals surface area contributed by atoms with Crippen LogP contribution >= 0.6 is 0 Å². The van der Waals surface area contributed by atoms with E-state index in [0.29, 0.717) is 24.4 Å². The Morgan fingerprint density at radius 3 is 1.69 bits per heavy atom. The van der Waals surface area contributed by atoms with Crippen molar-refractivity contribution in [2.45, 2.75) is 51.1 Å². The summed E-state index contributed by atoms with van der Waals surface area (Å²) in [5, 5.41) is 0. The number of hydrogen-bond acceptors (Lipinski definition) is 6. The first kappa shape index (κ1) is 16.8. The van der Waals surface area contributed by atoms with Gasteiger partial charge >= 0.3 is 0 Å². The predicted molar refractivity (Wildman–Crippen MR) is 98.9 cm³/mol. The maximum absolute atomic E-state index is 6.67. The van der Waals surface area contributed by atoms with Crippen LogP contribution in [0, 0.1) is 13.8 Å². The number of nitrogens with zero attached hydrogens (tertiary/aromatic N) is 1. The monoisotopic (exact) mass is 360 g/mol. The zero-order valence-electron chi connectivity index (χ0n) is 15.6. The van der Waals surface area contributed by atoms with Crippen LogP contribution in [0.1, 0.15) is 22.3 Å². The lowest BCUT2D eigenvalue weighted by Gasteiger charge is -2.31. The number of nitrogens with two attached hydrogens (primary N) is 1. The summed E-state index contributed by atoms with van der Waals surface area (Å²) in [7, 11) is 0. The molecule has 2 N–H and O–H groups in total. The van der Waals surface area contributed by atoms with Crippen LogP contribution in [0.5, 0.6) is 0 Å². The number of epoxide rings is 4. The molecule has 142 valence electrons. The summed E-state index contributed by atoms with van der Waals surface area (Å²) >= 11 is 0. The fraction of sp³-hybridized carbons (Fsp3) is 0.700. The van der Waals surface area contributed by atoms with Crippen LogP contribution < -0.4 is 10.6 Å². The molecule has 0 radical (unpaired) electrons. The van der Waals surface area contributed by atoms with Crippen LogP contribution in [0.15, 0.2) is 0 Å². The molecular formula is C20H28N2O4. The van der Waals surface area contributed by atoms with Crippen molar-refractivity contribution in [3.63, 3.8) is 0 Å². The first-order valence-corrected chi connectivity index (χ1v) is 9.72. The molecule has 4 atom stereocenters. The van der Waals surface area contributed by atoms with Crippen molar-refractivity contribution in [2.24, 2.45) is 0 Å². The highest BCUT2D eigenvalue weighted by Gasteiger charge is 2.35. The molecule has 6 nitrogen and oxygen atoms in total. The van der Waals surface area contributed by atoms with Gasteiger partial charge in [0.05, 0.1) is 50.8 Å². The predicted octanol–water partition coefficient (Wildman–Crippen LogP) is 1.37. The summed E-state index contributed by atoms with van der Waals surface area (Å²) in [4.78, 5) is 2.44. The second-order valence-electron chi connectivity index (χ2n) is 8.10. The third kappa shape index (κ3) is 3.56. The molecule has 1 aromatic carbocycles. The highest BCUT2D eigenvalue weighted by Crippen LogP contribution is 2.40. The zero-order valence-corrected chi connectivity index (χ0v) is 15.6. The number of benzene rings is 1. The Labute approximate surface area is 154 Å². The number of hydrogen-bond donors (Lipinski definition) is 1. The van der Waals surface area contributed by atoms with Crippen molar-refractivity contribution >= 4 is 11.4 Å². The van der Waals surface area contributed by atoms with Gasteiger partial charge in [0.1, 0.15) is 0 Å². The lowest BCUT2D eigenvalue weighted by Crippen LogP contribution is -2.33. The van der Waals surface area contributed by atoms with Gasteiger partial charge in [-0.25, -0.2) is 0 Å². The number of ether oxygens (including phenoxy) is 4. The highest BCUT2D eigenvalue weighted by atomic mass is 16.6. The first-order chi connectivity index (χ1) is 12.6. The average molecular weight is 360 g/mol. The van der Waals surface area contributed by atoms with Crippen molar-refractivity contribution in [1.82, 2.24) is 0 Å². The van der Waals surface area contributed by atoms with Crippen LogP contribution in [0.3, 0.4) is 0 Å². The SMILES string of the molecule is Cc1c(N)c(CC2CO2)c(CC2CO2)c(C)c1N(CC1CO1)CC1CO1. The standard InChI is InChI=1S/C20H28N2O4/c1-11-17(3-13-7-23-13)18(4-14-8-24-14)19(21)12(2)20(11)22(5-15-9-25-15)6-16-10-26-16/h13-16H,3-10,21H2,1-2H3. The molecule has 0 bridgehead atoms. The molecule has 5 rings (SSSR count). The lowest BCUT2D eigenvalue weighted by atomic mass is 9.88. The fourth-order valence-corrected chi connectivity index (χ4v) is 4.07. The topological polar surface area (TPSA) is 79.4 Å². The van der Waals surface area contributed by atoms with Crippen molar-refractivity contribution < 1.29 is 18.9 Å². The highest BCUT2D eigenvalue weighted by molar-refractivity contribution is 5.74. The zero-order chi connectivity index (χ0) is 17.8. The van der Waals surface area contributed by atoms with Gasteiger partial charge in [0.25, 0.3) is 0 Å². The van der Waals surface area contributed by atoms with E-state index < -0.39 is 0 Å². The summed E-state index contributed by atoms with van der Waals surface area (Å²) < 4.78 is 22.1. The van der Waals surface area contributed by atoms with E-state index >= 15 is 0 Å². The van der Waals surface area contributed by atoms with E-state index in [1.807, 2.05) is 0 Å². The summed E-state index contributed by atoms with van der Waals surface area (Å²) in [6, 6.07) is 0. The van der Waals surface area contributed by atoms with Crippen LogP contribution in [-0.4, -0.2) is 63.9 Å². The lowest BCUT2D eigenvalue weighted by molar-refractivity contribution is 0.388. The van der Waals surface area contributed by atoms with E-state index in [1.165, 1.54) is 27.9 Å². The van der Waals surface area contributed by atoms with Crippen LogP contribution in [0.2, 0.25) is 0 Å². The third-order valence-electron chi connectivity index (χ3n) is 5.89. The minimum atomic E-state index is 0.330. The molecule has 26 heavy (non-hydrogen) atoms. The fourth-order valence-electron chi connectivity index (χ4n) is 4.07. The quantitative estimate of drug-likeness (QED) is 0.529. The molecule has 4 unspecified atom stereocenters. The van der Waals surface area contributed by atoms with Gasteiger partial charge in [0, 0.05) is 37.3 Å². The second kappa shape index (κ2) is 6.37. The summed E-state index contributed by atoms with van der Waals surface area (Å²) in [6.45, 7) is 9.63. The molecule has 4 fully saturated rings. The first-order valence-electron chi connectivity index (χ1n) is 9.72. The normalized spacial score (nSPS) is 31.0. The Hall–Kier alpha value is -1.34. The van der Waals surface area contributed by atoms with E-state index in [0.717, 1.165) is 58.0 Å². The Bertz CT molecular complexity index is 692. The molecule has 4 aliphatic heterocycles. The van der Waals surface area contributed by atoms with Gasteiger partial charge in [-0.3, -0.25) is 0 Å². The van der Waals surface area contributed by atoms with Gasteiger partial charge < -0.3 is 29.6 Å². The summed E-state index contributed by atoms with van der Waals surface area (Å²) in [6.07, 6.45) is 3.20. The largest absolute Gasteiger partial charge is 0.398 e. The van der Waals surface area contributed by atoms with E-state index in [4.69, 9.17) is 24.7 Å². The minimum absolute atomic E-state index is 0.330. The van der Waals surface area contributed by atoms with Gasteiger partial charge in [0.2, 0.25) is 0 Å². The minimum Gasteiger partial charge on any atom is -0.398 e. The van der Waals surface area contributed by atoms with Gasteiger partial charge in [0.15, 0.2) is 0 Å². The molecule has 0 saturated carbocycles. The van der Waals surface area contributed by atoms with Crippen molar-refractivity contribution in [3.8, 4) is 0 Å². The summed E-state index contributed by atoms with van der Waals surface area (Å²) in [5.41, 5.74) is 14.0. The Morgan fingerprint density at radius 2 is 1.23 bits per heavy atom. The summed E-state index contributed by atoms with van der Waals surface area (Å²) in [5.74, 6) is 0. The van der Waals surface area contributed by atoms with E-state index in [1.54, 1.807) is 0 Å².